The van der Waals surface area contributed by atoms with Gasteiger partial charge in [-0.25, -0.2) is 4.79 Å². The summed E-state index contributed by atoms with van der Waals surface area (Å²) in [5.74, 6) is 0.521. The lowest BCUT2D eigenvalue weighted by molar-refractivity contribution is -0.124. The Morgan fingerprint density at radius 2 is 1.88 bits per heavy atom. The fourth-order valence-electron chi connectivity index (χ4n) is 2.94. The number of rotatable bonds is 7. The molecule has 0 saturated heterocycles. The number of hydrogen-bond acceptors (Lipinski definition) is 2. The molecule has 132 valence electrons. The number of nitrogens with one attached hydrogen (secondary N) is 3. The number of benzene rings is 1. The third-order valence-electron chi connectivity index (χ3n) is 5.29. The Morgan fingerprint density at radius 1 is 1.21 bits per heavy atom. The van der Waals surface area contributed by atoms with Gasteiger partial charge in [-0.1, -0.05) is 47.5 Å². The molecule has 1 heterocycles. The van der Waals surface area contributed by atoms with E-state index in [1.54, 1.807) is 12.1 Å². The summed E-state index contributed by atoms with van der Waals surface area (Å²) >= 11 is 0. The molecule has 24 heavy (non-hydrogen) atoms. The molecule has 5 heteroatoms. The Morgan fingerprint density at radius 3 is 2.50 bits per heavy atom. The lowest BCUT2D eigenvalue weighted by Crippen LogP contribution is -2.36. The van der Waals surface area contributed by atoms with Crippen LogP contribution in [-0.2, 0) is 4.79 Å². The van der Waals surface area contributed by atoms with Crippen molar-refractivity contribution >= 4 is 22.6 Å². The summed E-state index contributed by atoms with van der Waals surface area (Å²) in [5.41, 5.74) is 1.85. The monoisotopic (exact) mass is 331 g/mol. The van der Waals surface area contributed by atoms with Crippen molar-refractivity contribution in [3.05, 3.63) is 28.7 Å². The molecule has 5 nitrogen and oxygen atoms in total. The summed E-state index contributed by atoms with van der Waals surface area (Å²) < 4.78 is 0. The lowest BCUT2D eigenvalue weighted by atomic mass is 9.72. The predicted octanol–water partition coefficient (Wildman–Crippen LogP) is 4.28. The molecule has 0 aliphatic carbocycles. The van der Waals surface area contributed by atoms with E-state index in [0.717, 1.165) is 24.8 Å². The molecule has 0 bridgehead atoms. The van der Waals surface area contributed by atoms with Crippen molar-refractivity contribution in [2.24, 2.45) is 17.3 Å². The Balaban J connectivity index is 2.22. The van der Waals surface area contributed by atoms with Crippen molar-refractivity contribution in [3.63, 3.8) is 0 Å². The van der Waals surface area contributed by atoms with Gasteiger partial charge in [0.05, 0.1) is 11.0 Å². The molecule has 1 aromatic heterocycles. The molecule has 0 fully saturated rings. The van der Waals surface area contributed by atoms with Gasteiger partial charge in [0.25, 0.3) is 0 Å². The molecule has 2 unspecified atom stereocenters. The highest BCUT2D eigenvalue weighted by Gasteiger charge is 2.34. The molecule has 2 atom stereocenters. The number of carbonyl (C=O) groups excluding carboxylic acids is 1. The lowest BCUT2D eigenvalue weighted by Gasteiger charge is -2.34. The minimum absolute atomic E-state index is 0.0431. The molecule has 0 saturated carbocycles. The van der Waals surface area contributed by atoms with Gasteiger partial charge in [-0.3, -0.25) is 4.79 Å². The van der Waals surface area contributed by atoms with E-state index in [4.69, 9.17) is 0 Å². The molecule has 2 rings (SSSR count). The van der Waals surface area contributed by atoms with Gasteiger partial charge in [0.1, 0.15) is 0 Å². The van der Waals surface area contributed by atoms with E-state index in [9.17, 15) is 9.59 Å². The Labute approximate surface area is 143 Å². The Hall–Kier alpha value is -2.04. The molecule has 0 aliphatic rings. The maximum atomic E-state index is 12.9. The fraction of sp³-hybridized carbons (Fsp3) is 0.579. The first kappa shape index (κ1) is 18.3. The number of anilines is 1. The molecular formula is C19H29N3O2. The van der Waals surface area contributed by atoms with E-state index in [-0.39, 0.29) is 22.9 Å². The van der Waals surface area contributed by atoms with Crippen LogP contribution >= 0.6 is 0 Å². The first-order chi connectivity index (χ1) is 11.3. The minimum Gasteiger partial charge on any atom is -0.326 e. The first-order valence-corrected chi connectivity index (χ1v) is 8.79. The average molecular weight is 331 g/mol. The largest absolute Gasteiger partial charge is 0.326 e. The van der Waals surface area contributed by atoms with Crippen LogP contribution in [0.5, 0.6) is 0 Å². The second-order valence-electron chi connectivity index (χ2n) is 7.47. The summed E-state index contributed by atoms with van der Waals surface area (Å²) in [4.78, 5) is 29.7. The van der Waals surface area contributed by atoms with Crippen LogP contribution in [0.3, 0.4) is 0 Å². The number of hydrogen-bond donors (Lipinski definition) is 3. The van der Waals surface area contributed by atoms with Gasteiger partial charge in [-0.2, -0.15) is 0 Å². The maximum absolute atomic E-state index is 12.9. The van der Waals surface area contributed by atoms with Crippen molar-refractivity contribution in [3.8, 4) is 0 Å². The van der Waals surface area contributed by atoms with E-state index in [1.807, 2.05) is 6.07 Å². The molecule has 0 spiro atoms. The predicted molar refractivity (Wildman–Crippen MR) is 99.2 cm³/mol. The number of fused-ring (bicyclic) bond motifs is 1. The van der Waals surface area contributed by atoms with Crippen molar-refractivity contribution in [1.82, 2.24) is 9.97 Å². The van der Waals surface area contributed by atoms with Crippen LogP contribution in [0.4, 0.5) is 5.69 Å². The number of carbonyl (C=O) groups is 1. The molecule has 0 aliphatic heterocycles. The first-order valence-electron chi connectivity index (χ1n) is 8.79. The van der Waals surface area contributed by atoms with Gasteiger partial charge in [-0.15, -0.1) is 0 Å². The third-order valence-corrected chi connectivity index (χ3v) is 5.29. The zero-order valence-electron chi connectivity index (χ0n) is 15.3. The fourth-order valence-corrected chi connectivity index (χ4v) is 2.94. The third kappa shape index (κ3) is 4.08. The van der Waals surface area contributed by atoms with Gasteiger partial charge in [0, 0.05) is 11.6 Å². The zero-order chi connectivity index (χ0) is 17.9. The number of imidazole rings is 1. The molecular weight excluding hydrogens is 302 g/mol. The van der Waals surface area contributed by atoms with E-state index >= 15 is 0 Å². The van der Waals surface area contributed by atoms with E-state index in [1.165, 1.54) is 0 Å². The second kappa shape index (κ2) is 7.24. The maximum Gasteiger partial charge on any atom is 0.323 e. The summed E-state index contributed by atoms with van der Waals surface area (Å²) in [6, 6.07) is 5.42. The van der Waals surface area contributed by atoms with Crippen molar-refractivity contribution < 1.29 is 4.79 Å². The topological polar surface area (TPSA) is 77.8 Å². The molecule has 0 radical (unpaired) electrons. The van der Waals surface area contributed by atoms with Gasteiger partial charge in [0.2, 0.25) is 5.91 Å². The normalized spacial score (nSPS) is 14.5. The standard InChI is InChI=1S/C19H29N3O2/c1-6-12(3)10-14(19(4,5)7-2)17(23)20-13-8-9-15-16(11-13)22-18(24)21-15/h8-9,11-12,14H,6-7,10H2,1-5H3,(H,20,23)(H2,21,22,24). The van der Waals surface area contributed by atoms with Crippen LogP contribution in [0, 0.1) is 17.3 Å². The summed E-state index contributed by atoms with van der Waals surface area (Å²) in [6.45, 7) is 10.8. The molecule has 1 aromatic carbocycles. The van der Waals surface area contributed by atoms with Crippen LogP contribution in [0.2, 0.25) is 0 Å². The van der Waals surface area contributed by atoms with Gasteiger partial charge in [-0.05, 0) is 36.0 Å². The molecule has 2 aromatic rings. The van der Waals surface area contributed by atoms with E-state index < -0.39 is 0 Å². The van der Waals surface area contributed by atoms with Crippen LogP contribution in [0.25, 0.3) is 11.0 Å². The molecule has 1 amide bonds. The SMILES string of the molecule is CCC(C)CC(C(=O)Nc1ccc2[nH]c(=O)[nH]c2c1)C(C)(C)CC. The quantitative estimate of drug-likeness (QED) is 0.708. The van der Waals surface area contributed by atoms with E-state index in [0.29, 0.717) is 17.1 Å². The van der Waals surface area contributed by atoms with Crippen molar-refractivity contribution in [1.29, 1.82) is 0 Å². The van der Waals surface area contributed by atoms with Gasteiger partial charge < -0.3 is 15.3 Å². The van der Waals surface area contributed by atoms with Crippen LogP contribution < -0.4 is 11.0 Å². The highest BCUT2D eigenvalue weighted by atomic mass is 16.2. The van der Waals surface area contributed by atoms with E-state index in [2.05, 4.69) is 49.9 Å². The summed E-state index contributed by atoms with van der Waals surface area (Å²) in [7, 11) is 0. The molecule has 3 N–H and O–H groups in total. The zero-order valence-corrected chi connectivity index (χ0v) is 15.3. The number of aromatic nitrogens is 2. The van der Waals surface area contributed by atoms with Crippen LogP contribution in [0.1, 0.15) is 53.9 Å². The summed E-state index contributed by atoms with van der Waals surface area (Å²) in [6.07, 6.45) is 2.90. The Kier molecular flexibility index (Phi) is 5.52. The minimum atomic E-state index is -0.241. The summed E-state index contributed by atoms with van der Waals surface area (Å²) in [5, 5.41) is 3.04. The van der Waals surface area contributed by atoms with Crippen LogP contribution in [-0.4, -0.2) is 15.9 Å². The average Bonchev–Trinajstić information content (AvgIpc) is 2.91. The second-order valence-corrected chi connectivity index (χ2v) is 7.47. The Bertz CT molecular complexity index is 757. The number of H-pyrrole nitrogens is 2. The van der Waals surface area contributed by atoms with Gasteiger partial charge in [0.15, 0.2) is 0 Å². The smallest absolute Gasteiger partial charge is 0.323 e. The number of amides is 1. The van der Waals surface area contributed by atoms with Crippen molar-refractivity contribution in [2.45, 2.75) is 53.9 Å². The highest BCUT2D eigenvalue weighted by Crippen LogP contribution is 2.36. The van der Waals surface area contributed by atoms with Crippen LogP contribution in [0.15, 0.2) is 23.0 Å². The van der Waals surface area contributed by atoms with Crippen molar-refractivity contribution in [2.75, 3.05) is 5.32 Å². The highest BCUT2D eigenvalue weighted by molar-refractivity contribution is 5.94. The number of aromatic amines is 2. The van der Waals surface area contributed by atoms with Gasteiger partial charge >= 0.3 is 5.69 Å².